The Labute approximate surface area is 102 Å². The SMILES string of the molecule is C[C@@H](CCCC(C)(C)C)C(=S)C(C)(C)C. The molecule has 0 fully saturated rings. The molecule has 0 saturated carbocycles. The molecule has 0 amide bonds. The van der Waals surface area contributed by atoms with E-state index in [0.717, 1.165) is 0 Å². The van der Waals surface area contributed by atoms with Crippen LogP contribution in [0.25, 0.3) is 0 Å². The highest BCUT2D eigenvalue weighted by Gasteiger charge is 2.22. The van der Waals surface area contributed by atoms with Crippen LogP contribution in [0.15, 0.2) is 0 Å². The van der Waals surface area contributed by atoms with Gasteiger partial charge in [-0.15, -0.1) is 0 Å². The lowest BCUT2D eigenvalue weighted by Crippen LogP contribution is -2.25. The van der Waals surface area contributed by atoms with E-state index in [-0.39, 0.29) is 5.41 Å². The van der Waals surface area contributed by atoms with E-state index in [0.29, 0.717) is 11.3 Å². The first-order valence-electron chi connectivity index (χ1n) is 6.08. The van der Waals surface area contributed by atoms with Gasteiger partial charge in [0.2, 0.25) is 0 Å². The average molecular weight is 228 g/mol. The molecule has 0 aromatic rings. The van der Waals surface area contributed by atoms with Gasteiger partial charge in [0.15, 0.2) is 0 Å². The Morgan fingerprint density at radius 2 is 1.53 bits per heavy atom. The van der Waals surface area contributed by atoms with Gasteiger partial charge in [0.05, 0.1) is 0 Å². The van der Waals surface area contributed by atoms with Crippen molar-refractivity contribution < 1.29 is 0 Å². The standard InChI is InChI=1S/C14H28S/c1-11(12(15)14(5,6)7)9-8-10-13(2,3)4/h11H,8-10H2,1-7H3/t11-/m0/s1. The van der Waals surface area contributed by atoms with Crippen molar-refractivity contribution in [1.29, 1.82) is 0 Å². The minimum Gasteiger partial charge on any atom is -0.0888 e. The second-order valence-corrected chi connectivity index (χ2v) is 7.41. The summed E-state index contributed by atoms with van der Waals surface area (Å²) in [7, 11) is 0. The lowest BCUT2D eigenvalue weighted by Gasteiger charge is -2.26. The van der Waals surface area contributed by atoms with Crippen molar-refractivity contribution in [2.24, 2.45) is 16.7 Å². The smallest absolute Gasteiger partial charge is 0.00101 e. The molecule has 1 atom stereocenters. The van der Waals surface area contributed by atoms with Crippen LogP contribution in [-0.2, 0) is 0 Å². The molecule has 0 unspecified atom stereocenters. The highest BCUT2D eigenvalue weighted by Crippen LogP contribution is 2.28. The van der Waals surface area contributed by atoms with Gasteiger partial charge in [-0.3, -0.25) is 0 Å². The Morgan fingerprint density at radius 3 is 1.87 bits per heavy atom. The maximum Gasteiger partial charge on any atom is 0.00101 e. The molecule has 0 bridgehead atoms. The minimum absolute atomic E-state index is 0.191. The van der Waals surface area contributed by atoms with Crippen LogP contribution < -0.4 is 0 Å². The van der Waals surface area contributed by atoms with Gasteiger partial charge in [-0.05, 0) is 29.6 Å². The molecule has 1 heteroatoms. The van der Waals surface area contributed by atoms with E-state index in [1.165, 1.54) is 24.1 Å². The fourth-order valence-electron chi connectivity index (χ4n) is 1.81. The van der Waals surface area contributed by atoms with Crippen LogP contribution in [0.1, 0.15) is 67.7 Å². The van der Waals surface area contributed by atoms with E-state index < -0.39 is 0 Å². The molecule has 0 heterocycles. The second kappa shape index (κ2) is 5.43. The third-order valence-corrected chi connectivity index (χ3v) is 3.77. The van der Waals surface area contributed by atoms with Gasteiger partial charge in [-0.2, -0.15) is 0 Å². The predicted molar refractivity (Wildman–Crippen MR) is 74.5 cm³/mol. The van der Waals surface area contributed by atoms with Gasteiger partial charge >= 0.3 is 0 Å². The molecule has 0 aliphatic heterocycles. The summed E-state index contributed by atoms with van der Waals surface area (Å²) in [5.74, 6) is 0.586. The molecule has 0 N–H and O–H groups in total. The molecule has 0 spiro atoms. The topological polar surface area (TPSA) is 0 Å². The molecule has 90 valence electrons. The maximum atomic E-state index is 5.52. The summed E-state index contributed by atoms with van der Waals surface area (Å²) < 4.78 is 0. The highest BCUT2D eigenvalue weighted by atomic mass is 32.1. The molecule has 0 nitrogen and oxygen atoms in total. The van der Waals surface area contributed by atoms with Crippen LogP contribution in [0.3, 0.4) is 0 Å². The van der Waals surface area contributed by atoms with Gasteiger partial charge in [0.1, 0.15) is 0 Å². The van der Waals surface area contributed by atoms with Crippen molar-refractivity contribution in [2.75, 3.05) is 0 Å². The van der Waals surface area contributed by atoms with E-state index in [4.69, 9.17) is 12.2 Å². The summed E-state index contributed by atoms with van der Waals surface area (Å²) in [5, 5.41) is 0. The summed E-state index contributed by atoms with van der Waals surface area (Å²) in [4.78, 5) is 1.23. The number of hydrogen-bond acceptors (Lipinski definition) is 1. The quantitative estimate of drug-likeness (QED) is 0.592. The van der Waals surface area contributed by atoms with Crippen molar-refractivity contribution in [1.82, 2.24) is 0 Å². The fraction of sp³-hybridized carbons (Fsp3) is 0.929. The van der Waals surface area contributed by atoms with Crippen LogP contribution in [0.5, 0.6) is 0 Å². The monoisotopic (exact) mass is 228 g/mol. The van der Waals surface area contributed by atoms with E-state index in [2.05, 4.69) is 48.5 Å². The Morgan fingerprint density at radius 1 is 1.07 bits per heavy atom. The first-order chi connectivity index (χ1) is 6.54. The third-order valence-electron chi connectivity index (χ3n) is 2.75. The average Bonchev–Trinajstić information content (AvgIpc) is 1.98. The number of thiocarbonyl (C=S) groups is 1. The van der Waals surface area contributed by atoms with Crippen molar-refractivity contribution in [3.05, 3.63) is 0 Å². The zero-order valence-corrected chi connectivity index (χ0v) is 12.4. The predicted octanol–water partition coefficient (Wildman–Crippen LogP) is 5.25. The normalized spacial score (nSPS) is 15.1. The summed E-state index contributed by atoms with van der Waals surface area (Å²) in [6, 6.07) is 0. The molecule has 0 aliphatic carbocycles. The first-order valence-corrected chi connectivity index (χ1v) is 6.49. The third kappa shape index (κ3) is 7.05. The number of hydrogen-bond donors (Lipinski definition) is 0. The van der Waals surface area contributed by atoms with Crippen molar-refractivity contribution in [3.8, 4) is 0 Å². The van der Waals surface area contributed by atoms with Crippen LogP contribution >= 0.6 is 12.2 Å². The lowest BCUT2D eigenvalue weighted by atomic mass is 9.81. The van der Waals surface area contributed by atoms with Crippen LogP contribution in [-0.4, -0.2) is 4.86 Å². The van der Waals surface area contributed by atoms with E-state index in [9.17, 15) is 0 Å². The molecule has 0 radical (unpaired) electrons. The largest absolute Gasteiger partial charge is 0.0888 e. The summed E-state index contributed by atoms with van der Waals surface area (Å²) in [6.07, 6.45) is 3.83. The van der Waals surface area contributed by atoms with E-state index in [1.54, 1.807) is 0 Å². The zero-order chi connectivity index (χ0) is 12.3. The van der Waals surface area contributed by atoms with Crippen molar-refractivity contribution >= 4 is 17.1 Å². The molecule has 0 aromatic heterocycles. The summed E-state index contributed by atoms with van der Waals surface area (Å²) in [6.45, 7) is 15.8. The second-order valence-electron chi connectivity index (χ2n) is 6.97. The van der Waals surface area contributed by atoms with Crippen LogP contribution in [0, 0.1) is 16.7 Å². The number of rotatable bonds is 4. The minimum atomic E-state index is 0.191. The molecule has 15 heavy (non-hydrogen) atoms. The molecule has 0 aliphatic rings. The van der Waals surface area contributed by atoms with Gasteiger partial charge in [0, 0.05) is 4.86 Å². The molecular weight excluding hydrogens is 200 g/mol. The van der Waals surface area contributed by atoms with Gasteiger partial charge in [-0.1, -0.05) is 67.1 Å². The lowest BCUT2D eigenvalue weighted by molar-refractivity contribution is 0.352. The van der Waals surface area contributed by atoms with Crippen LogP contribution in [0.2, 0.25) is 0 Å². The molecule has 0 saturated heterocycles. The van der Waals surface area contributed by atoms with Gasteiger partial charge < -0.3 is 0 Å². The Kier molecular flexibility index (Phi) is 5.46. The zero-order valence-electron chi connectivity index (χ0n) is 11.6. The maximum absolute atomic E-state index is 5.52. The summed E-state index contributed by atoms with van der Waals surface area (Å²) >= 11 is 5.52. The van der Waals surface area contributed by atoms with E-state index in [1.807, 2.05) is 0 Å². The summed E-state index contributed by atoms with van der Waals surface area (Å²) in [5.41, 5.74) is 0.652. The Hall–Kier alpha value is 0.0900. The molecule has 0 rings (SSSR count). The van der Waals surface area contributed by atoms with Crippen molar-refractivity contribution in [3.63, 3.8) is 0 Å². The molecule has 0 aromatic carbocycles. The Bertz CT molecular complexity index is 202. The van der Waals surface area contributed by atoms with E-state index >= 15 is 0 Å². The van der Waals surface area contributed by atoms with Gasteiger partial charge in [-0.25, -0.2) is 0 Å². The van der Waals surface area contributed by atoms with Crippen LogP contribution in [0.4, 0.5) is 0 Å². The Balaban J connectivity index is 3.96. The van der Waals surface area contributed by atoms with Gasteiger partial charge in [0.25, 0.3) is 0 Å². The first kappa shape index (κ1) is 15.1. The molecular formula is C14H28S. The fourth-order valence-corrected chi connectivity index (χ4v) is 1.93. The highest BCUT2D eigenvalue weighted by molar-refractivity contribution is 7.80. The van der Waals surface area contributed by atoms with Crippen molar-refractivity contribution in [2.45, 2.75) is 67.7 Å².